The molecule has 1 aliphatic rings. The van der Waals surface area contributed by atoms with Crippen molar-refractivity contribution in [3.05, 3.63) is 59.9 Å². The van der Waals surface area contributed by atoms with Crippen molar-refractivity contribution in [3.63, 3.8) is 0 Å². The van der Waals surface area contributed by atoms with Crippen LogP contribution in [-0.4, -0.2) is 42.0 Å². The lowest BCUT2D eigenvalue weighted by molar-refractivity contribution is -0.129. The zero-order valence-corrected chi connectivity index (χ0v) is 15.4. The van der Waals surface area contributed by atoms with Crippen molar-refractivity contribution in [2.45, 2.75) is 38.3 Å². The molecule has 2 heterocycles. The number of likely N-dealkylation sites (tertiary alicyclic amines) is 1. The number of nitrogens with one attached hydrogen (secondary N) is 1. The summed E-state index contributed by atoms with van der Waals surface area (Å²) >= 11 is 0. The maximum atomic E-state index is 12.3. The summed E-state index contributed by atoms with van der Waals surface area (Å²) in [5.41, 5.74) is 2.39. The number of ether oxygens (including phenoxy) is 1. The van der Waals surface area contributed by atoms with Crippen LogP contribution in [0.2, 0.25) is 0 Å². The first-order valence-electron chi connectivity index (χ1n) is 9.28. The standard InChI is InChI=1S/C21H27N3O2/c1-26-20-6-2-4-17(14-20)10-13-24-19(7-8-21(24)25)9-12-23-16-18-5-3-11-22-15-18/h2-6,11,14-15,19,23H,7-10,12-13,16H2,1H3. The summed E-state index contributed by atoms with van der Waals surface area (Å²) in [6.45, 7) is 2.50. The molecule has 1 N–H and O–H groups in total. The third kappa shape index (κ3) is 5.05. The van der Waals surface area contributed by atoms with Crippen molar-refractivity contribution in [3.8, 4) is 5.75 Å². The Kier molecular flexibility index (Phi) is 6.61. The predicted octanol–water partition coefficient (Wildman–Crippen LogP) is 2.80. The first-order valence-corrected chi connectivity index (χ1v) is 9.28. The summed E-state index contributed by atoms with van der Waals surface area (Å²) in [6.07, 6.45) is 7.16. The molecule has 1 aromatic heterocycles. The highest BCUT2D eigenvalue weighted by atomic mass is 16.5. The third-order valence-corrected chi connectivity index (χ3v) is 4.93. The lowest BCUT2D eigenvalue weighted by atomic mass is 10.1. The molecule has 3 rings (SSSR count). The van der Waals surface area contributed by atoms with Crippen molar-refractivity contribution < 1.29 is 9.53 Å². The number of nitrogens with zero attached hydrogens (tertiary/aromatic N) is 2. The van der Waals surface area contributed by atoms with E-state index in [4.69, 9.17) is 4.74 Å². The normalized spacial score (nSPS) is 16.9. The molecular weight excluding hydrogens is 326 g/mol. The van der Waals surface area contributed by atoms with Crippen LogP contribution in [0.4, 0.5) is 0 Å². The number of aromatic nitrogens is 1. The number of amides is 1. The smallest absolute Gasteiger partial charge is 0.222 e. The Bertz CT molecular complexity index is 705. The molecule has 1 saturated heterocycles. The van der Waals surface area contributed by atoms with Gasteiger partial charge in [0.05, 0.1) is 7.11 Å². The van der Waals surface area contributed by atoms with Crippen LogP contribution >= 0.6 is 0 Å². The SMILES string of the molecule is COc1cccc(CCN2C(=O)CCC2CCNCc2cccnc2)c1. The monoisotopic (exact) mass is 353 g/mol. The van der Waals surface area contributed by atoms with Gasteiger partial charge in [-0.1, -0.05) is 18.2 Å². The van der Waals surface area contributed by atoms with E-state index in [0.717, 1.165) is 44.6 Å². The van der Waals surface area contributed by atoms with Gasteiger partial charge in [0.25, 0.3) is 0 Å². The predicted molar refractivity (Wildman–Crippen MR) is 102 cm³/mol. The fourth-order valence-corrected chi connectivity index (χ4v) is 3.48. The zero-order chi connectivity index (χ0) is 18.2. The topological polar surface area (TPSA) is 54.5 Å². The van der Waals surface area contributed by atoms with Crippen LogP contribution < -0.4 is 10.1 Å². The number of carbonyl (C=O) groups is 1. The van der Waals surface area contributed by atoms with Crippen LogP contribution in [0.5, 0.6) is 5.75 Å². The van der Waals surface area contributed by atoms with Crippen LogP contribution in [0.15, 0.2) is 48.8 Å². The summed E-state index contributed by atoms with van der Waals surface area (Å²) in [6, 6.07) is 12.4. The van der Waals surface area contributed by atoms with Crippen LogP contribution in [-0.2, 0) is 17.8 Å². The minimum absolute atomic E-state index is 0.283. The van der Waals surface area contributed by atoms with Gasteiger partial charge in [-0.15, -0.1) is 0 Å². The van der Waals surface area contributed by atoms with Crippen LogP contribution in [0.1, 0.15) is 30.4 Å². The molecule has 138 valence electrons. The minimum Gasteiger partial charge on any atom is -0.497 e. The molecule has 1 fully saturated rings. The second-order valence-corrected chi connectivity index (χ2v) is 6.71. The van der Waals surface area contributed by atoms with Gasteiger partial charge in [-0.3, -0.25) is 9.78 Å². The van der Waals surface area contributed by atoms with E-state index in [9.17, 15) is 4.79 Å². The van der Waals surface area contributed by atoms with Gasteiger partial charge < -0.3 is 15.0 Å². The Hall–Kier alpha value is -2.40. The average molecular weight is 353 g/mol. The van der Waals surface area contributed by atoms with E-state index in [1.165, 1.54) is 11.1 Å². The third-order valence-electron chi connectivity index (χ3n) is 4.93. The summed E-state index contributed by atoms with van der Waals surface area (Å²) in [7, 11) is 1.68. The lowest BCUT2D eigenvalue weighted by Crippen LogP contribution is -2.36. The van der Waals surface area contributed by atoms with Crippen LogP contribution in [0, 0.1) is 0 Å². The average Bonchev–Trinajstić information content (AvgIpc) is 3.04. The highest BCUT2D eigenvalue weighted by Crippen LogP contribution is 2.22. The molecule has 0 saturated carbocycles. The summed E-state index contributed by atoms with van der Waals surface area (Å²) in [5.74, 6) is 1.15. The second-order valence-electron chi connectivity index (χ2n) is 6.71. The summed E-state index contributed by atoms with van der Waals surface area (Å²) < 4.78 is 5.28. The van der Waals surface area contributed by atoms with Gasteiger partial charge in [0, 0.05) is 37.9 Å². The van der Waals surface area contributed by atoms with Gasteiger partial charge >= 0.3 is 0 Å². The maximum absolute atomic E-state index is 12.3. The van der Waals surface area contributed by atoms with Crippen molar-refractivity contribution in [2.75, 3.05) is 20.2 Å². The van der Waals surface area contributed by atoms with Crippen LogP contribution in [0.25, 0.3) is 0 Å². The van der Waals surface area contributed by atoms with Gasteiger partial charge in [-0.2, -0.15) is 0 Å². The molecule has 0 bridgehead atoms. The lowest BCUT2D eigenvalue weighted by Gasteiger charge is -2.25. The summed E-state index contributed by atoms with van der Waals surface area (Å²) in [4.78, 5) is 18.4. The number of hydrogen-bond acceptors (Lipinski definition) is 4. The highest BCUT2D eigenvalue weighted by molar-refractivity contribution is 5.78. The molecular formula is C21H27N3O2. The molecule has 0 radical (unpaired) electrons. The van der Waals surface area contributed by atoms with Crippen molar-refractivity contribution in [2.24, 2.45) is 0 Å². The Morgan fingerprint density at radius 2 is 2.15 bits per heavy atom. The molecule has 1 aliphatic heterocycles. The molecule has 5 heteroatoms. The van der Waals surface area contributed by atoms with E-state index in [2.05, 4.69) is 27.3 Å². The highest BCUT2D eigenvalue weighted by Gasteiger charge is 2.29. The Labute approximate surface area is 155 Å². The Balaban J connectivity index is 1.45. The summed E-state index contributed by atoms with van der Waals surface area (Å²) in [5, 5.41) is 3.46. The molecule has 1 atom stereocenters. The van der Waals surface area contributed by atoms with E-state index in [-0.39, 0.29) is 5.91 Å². The second kappa shape index (κ2) is 9.34. The van der Waals surface area contributed by atoms with Gasteiger partial charge in [0.1, 0.15) is 5.75 Å². The number of pyridine rings is 1. The molecule has 1 unspecified atom stereocenters. The molecule has 1 aromatic carbocycles. The first-order chi connectivity index (χ1) is 12.8. The fraction of sp³-hybridized carbons (Fsp3) is 0.429. The minimum atomic E-state index is 0.283. The van der Waals surface area contributed by atoms with Gasteiger partial charge in [-0.25, -0.2) is 0 Å². The van der Waals surface area contributed by atoms with E-state index in [1.807, 2.05) is 30.5 Å². The molecule has 5 nitrogen and oxygen atoms in total. The quantitative estimate of drug-likeness (QED) is 0.705. The number of hydrogen-bond donors (Lipinski definition) is 1. The number of carbonyl (C=O) groups excluding carboxylic acids is 1. The van der Waals surface area contributed by atoms with Crippen LogP contribution in [0.3, 0.4) is 0 Å². The molecule has 1 amide bonds. The van der Waals surface area contributed by atoms with Gasteiger partial charge in [0.15, 0.2) is 0 Å². The largest absolute Gasteiger partial charge is 0.497 e. The Morgan fingerprint density at radius 3 is 2.96 bits per heavy atom. The van der Waals surface area contributed by atoms with E-state index in [0.29, 0.717) is 12.5 Å². The molecule has 0 aliphatic carbocycles. The molecule has 2 aromatic rings. The van der Waals surface area contributed by atoms with Gasteiger partial charge in [-0.05, 0) is 55.1 Å². The number of benzene rings is 1. The molecule has 26 heavy (non-hydrogen) atoms. The fourth-order valence-electron chi connectivity index (χ4n) is 3.48. The Morgan fingerprint density at radius 1 is 1.27 bits per heavy atom. The van der Waals surface area contributed by atoms with E-state index in [1.54, 1.807) is 13.3 Å². The van der Waals surface area contributed by atoms with Crippen molar-refractivity contribution in [1.29, 1.82) is 0 Å². The van der Waals surface area contributed by atoms with E-state index >= 15 is 0 Å². The number of rotatable bonds is 9. The molecule has 0 spiro atoms. The first kappa shape index (κ1) is 18.4. The number of methoxy groups -OCH3 is 1. The maximum Gasteiger partial charge on any atom is 0.222 e. The van der Waals surface area contributed by atoms with Crippen molar-refractivity contribution in [1.82, 2.24) is 15.2 Å². The van der Waals surface area contributed by atoms with Gasteiger partial charge in [0.2, 0.25) is 5.91 Å². The van der Waals surface area contributed by atoms with E-state index < -0.39 is 0 Å². The van der Waals surface area contributed by atoms with Crippen molar-refractivity contribution >= 4 is 5.91 Å². The zero-order valence-electron chi connectivity index (χ0n) is 15.4.